The molecule has 2 heteroatoms. The lowest BCUT2D eigenvalue weighted by Crippen LogP contribution is -1.92. The van der Waals surface area contributed by atoms with E-state index in [2.05, 4.69) is 10.3 Å². The van der Waals surface area contributed by atoms with Gasteiger partial charge in [-0.25, -0.2) is 0 Å². The first kappa shape index (κ1) is 9.95. The zero-order valence-electron chi connectivity index (χ0n) is 7.68. The van der Waals surface area contributed by atoms with E-state index in [1.165, 1.54) is 0 Å². The Kier molecular flexibility index (Phi) is 5.17. The van der Waals surface area contributed by atoms with Crippen LogP contribution in [0.1, 0.15) is 19.5 Å². The van der Waals surface area contributed by atoms with Crippen LogP contribution in [-0.4, -0.2) is 12.0 Å². The van der Waals surface area contributed by atoms with Crippen LogP contribution < -0.4 is 5.32 Å². The first-order valence-corrected chi connectivity index (χ1v) is 3.94. The molecule has 0 aliphatic carbocycles. The van der Waals surface area contributed by atoms with E-state index in [1.54, 1.807) is 6.20 Å². The minimum atomic E-state index is 1.04. The molecule has 0 spiro atoms. The summed E-state index contributed by atoms with van der Waals surface area (Å²) in [7, 11) is 1.89. The summed E-state index contributed by atoms with van der Waals surface area (Å²) in [6, 6.07) is 3.92. The Morgan fingerprint density at radius 1 is 1.36 bits per heavy atom. The second kappa shape index (κ2) is 5.71. The SMILES string of the molecule is CC.CNc1cccnc1C. The Hall–Kier alpha value is -1.05. The van der Waals surface area contributed by atoms with E-state index in [4.69, 9.17) is 0 Å². The molecule has 1 heterocycles. The molecule has 1 aromatic rings. The van der Waals surface area contributed by atoms with Crippen molar-refractivity contribution in [2.75, 3.05) is 12.4 Å². The van der Waals surface area contributed by atoms with Crippen LogP contribution in [0.2, 0.25) is 0 Å². The first-order chi connectivity index (χ1) is 5.34. The zero-order valence-corrected chi connectivity index (χ0v) is 7.68. The standard InChI is InChI=1S/C7H10N2.C2H6/c1-6-7(8-2)4-3-5-9-6;1-2/h3-5,8H,1-2H3;1-2H3. The molecule has 11 heavy (non-hydrogen) atoms. The molecule has 0 fully saturated rings. The molecule has 0 aliphatic heterocycles. The largest absolute Gasteiger partial charge is 0.387 e. The summed E-state index contributed by atoms with van der Waals surface area (Å²) >= 11 is 0. The van der Waals surface area contributed by atoms with Crippen molar-refractivity contribution in [2.24, 2.45) is 0 Å². The van der Waals surface area contributed by atoms with Gasteiger partial charge in [-0.1, -0.05) is 13.8 Å². The number of nitrogens with zero attached hydrogens (tertiary/aromatic N) is 1. The Labute approximate surface area is 68.7 Å². The van der Waals surface area contributed by atoms with Crippen molar-refractivity contribution >= 4 is 5.69 Å². The van der Waals surface area contributed by atoms with Crippen LogP contribution in [0.5, 0.6) is 0 Å². The first-order valence-electron chi connectivity index (χ1n) is 3.94. The zero-order chi connectivity index (χ0) is 8.69. The summed E-state index contributed by atoms with van der Waals surface area (Å²) in [5.74, 6) is 0. The van der Waals surface area contributed by atoms with Gasteiger partial charge in [0, 0.05) is 13.2 Å². The van der Waals surface area contributed by atoms with Crippen LogP contribution in [0.15, 0.2) is 18.3 Å². The molecule has 0 saturated carbocycles. The smallest absolute Gasteiger partial charge is 0.0603 e. The Morgan fingerprint density at radius 3 is 2.36 bits per heavy atom. The van der Waals surface area contributed by atoms with Crippen molar-refractivity contribution in [3.8, 4) is 0 Å². The molecule has 0 atom stereocenters. The van der Waals surface area contributed by atoms with E-state index in [1.807, 2.05) is 40.0 Å². The lowest BCUT2D eigenvalue weighted by molar-refractivity contribution is 1.19. The van der Waals surface area contributed by atoms with Crippen LogP contribution in [0.4, 0.5) is 5.69 Å². The lowest BCUT2D eigenvalue weighted by Gasteiger charge is -2.00. The van der Waals surface area contributed by atoms with Gasteiger partial charge in [-0.2, -0.15) is 0 Å². The van der Waals surface area contributed by atoms with Crippen molar-refractivity contribution < 1.29 is 0 Å². The number of nitrogens with one attached hydrogen (secondary N) is 1. The van der Waals surface area contributed by atoms with Gasteiger partial charge in [0.05, 0.1) is 11.4 Å². The molecule has 0 bridgehead atoms. The van der Waals surface area contributed by atoms with E-state index in [0.717, 1.165) is 11.4 Å². The summed E-state index contributed by atoms with van der Waals surface area (Å²) in [4.78, 5) is 4.09. The van der Waals surface area contributed by atoms with Crippen LogP contribution in [0.25, 0.3) is 0 Å². The molecular weight excluding hydrogens is 136 g/mol. The second-order valence-corrected chi connectivity index (χ2v) is 1.89. The fraction of sp³-hybridized carbons (Fsp3) is 0.444. The minimum absolute atomic E-state index is 1.04. The Morgan fingerprint density at radius 2 is 2.00 bits per heavy atom. The molecule has 1 rings (SSSR count). The summed E-state index contributed by atoms with van der Waals surface area (Å²) in [5.41, 5.74) is 2.14. The molecule has 62 valence electrons. The molecule has 1 N–H and O–H groups in total. The predicted octanol–water partition coefficient (Wildman–Crippen LogP) is 2.46. The highest BCUT2D eigenvalue weighted by atomic mass is 14.9. The third kappa shape index (κ3) is 3.03. The maximum Gasteiger partial charge on any atom is 0.0603 e. The van der Waals surface area contributed by atoms with E-state index in [0.29, 0.717) is 0 Å². The van der Waals surface area contributed by atoms with Crippen LogP contribution in [0.3, 0.4) is 0 Å². The summed E-state index contributed by atoms with van der Waals surface area (Å²) in [6.45, 7) is 5.98. The third-order valence-corrected chi connectivity index (χ3v) is 1.28. The monoisotopic (exact) mass is 152 g/mol. The topological polar surface area (TPSA) is 24.9 Å². The molecule has 0 aliphatic rings. The lowest BCUT2D eigenvalue weighted by atomic mass is 10.3. The number of aryl methyl sites for hydroxylation is 1. The number of anilines is 1. The Balaban J connectivity index is 0.000000461. The fourth-order valence-electron chi connectivity index (χ4n) is 0.748. The van der Waals surface area contributed by atoms with Gasteiger partial charge in [-0.15, -0.1) is 0 Å². The molecule has 0 aromatic carbocycles. The molecule has 1 aromatic heterocycles. The maximum absolute atomic E-state index is 4.09. The number of pyridine rings is 1. The highest BCUT2D eigenvalue weighted by Gasteiger charge is 1.90. The quantitative estimate of drug-likeness (QED) is 0.668. The maximum atomic E-state index is 4.09. The normalized spacial score (nSPS) is 8.00. The van der Waals surface area contributed by atoms with Crippen molar-refractivity contribution in [3.63, 3.8) is 0 Å². The fourth-order valence-corrected chi connectivity index (χ4v) is 0.748. The van der Waals surface area contributed by atoms with Crippen LogP contribution in [0, 0.1) is 6.92 Å². The van der Waals surface area contributed by atoms with E-state index >= 15 is 0 Å². The molecule has 2 nitrogen and oxygen atoms in total. The average molecular weight is 152 g/mol. The molecular formula is C9H16N2. The van der Waals surface area contributed by atoms with Crippen molar-refractivity contribution in [3.05, 3.63) is 24.0 Å². The van der Waals surface area contributed by atoms with Gasteiger partial charge in [-0.05, 0) is 19.1 Å². The van der Waals surface area contributed by atoms with Crippen molar-refractivity contribution in [2.45, 2.75) is 20.8 Å². The number of hydrogen-bond donors (Lipinski definition) is 1. The molecule has 0 saturated heterocycles. The van der Waals surface area contributed by atoms with E-state index < -0.39 is 0 Å². The summed E-state index contributed by atoms with van der Waals surface area (Å²) in [6.07, 6.45) is 1.79. The number of aromatic nitrogens is 1. The molecule has 0 unspecified atom stereocenters. The van der Waals surface area contributed by atoms with Gasteiger partial charge in [0.25, 0.3) is 0 Å². The van der Waals surface area contributed by atoms with Gasteiger partial charge in [0.1, 0.15) is 0 Å². The van der Waals surface area contributed by atoms with Gasteiger partial charge in [0.15, 0.2) is 0 Å². The number of rotatable bonds is 1. The average Bonchev–Trinajstić information content (AvgIpc) is 2.09. The van der Waals surface area contributed by atoms with Crippen molar-refractivity contribution in [1.82, 2.24) is 4.98 Å². The van der Waals surface area contributed by atoms with E-state index in [9.17, 15) is 0 Å². The molecule has 0 radical (unpaired) electrons. The summed E-state index contributed by atoms with van der Waals surface area (Å²) < 4.78 is 0. The number of hydrogen-bond acceptors (Lipinski definition) is 2. The van der Waals surface area contributed by atoms with Crippen LogP contribution in [-0.2, 0) is 0 Å². The van der Waals surface area contributed by atoms with Crippen molar-refractivity contribution in [1.29, 1.82) is 0 Å². The summed E-state index contributed by atoms with van der Waals surface area (Å²) in [5, 5.41) is 3.03. The third-order valence-electron chi connectivity index (χ3n) is 1.28. The van der Waals surface area contributed by atoms with Gasteiger partial charge in [-0.3, -0.25) is 4.98 Å². The second-order valence-electron chi connectivity index (χ2n) is 1.89. The van der Waals surface area contributed by atoms with E-state index in [-0.39, 0.29) is 0 Å². The van der Waals surface area contributed by atoms with Gasteiger partial charge < -0.3 is 5.32 Å². The highest BCUT2D eigenvalue weighted by molar-refractivity contribution is 5.45. The minimum Gasteiger partial charge on any atom is -0.387 e. The highest BCUT2D eigenvalue weighted by Crippen LogP contribution is 2.07. The van der Waals surface area contributed by atoms with Gasteiger partial charge >= 0.3 is 0 Å². The Bertz CT molecular complexity index is 197. The molecule has 0 amide bonds. The van der Waals surface area contributed by atoms with Gasteiger partial charge in [0.2, 0.25) is 0 Å². The van der Waals surface area contributed by atoms with Crippen LogP contribution >= 0.6 is 0 Å². The predicted molar refractivity (Wildman–Crippen MR) is 49.9 cm³/mol.